The maximum Gasteiger partial charge on any atom is 0.263 e. The summed E-state index contributed by atoms with van der Waals surface area (Å²) >= 11 is 0. The Balaban J connectivity index is 1.96. The molecule has 0 radical (unpaired) electrons. The molecule has 3 aromatic rings. The minimum atomic E-state index is -3.73. The predicted molar refractivity (Wildman–Crippen MR) is 90.6 cm³/mol. The van der Waals surface area contributed by atoms with Crippen molar-refractivity contribution in [2.75, 3.05) is 4.72 Å². The van der Waals surface area contributed by atoms with Gasteiger partial charge >= 0.3 is 0 Å². The number of hydrogen-bond acceptors (Lipinski definition) is 5. The average Bonchev–Trinajstić information content (AvgIpc) is 2.95. The largest absolute Gasteiger partial charge is 0.288 e. The molecule has 1 aromatic carbocycles. The number of benzene rings is 1. The van der Waals surface area contributed by atoms with Crippen molar-refractivity contribution in [3.63, 3.8) is 0 Å². The van der Waals surface area contributed by atoms with Gasteiger partial charge in [0, 0.05) is 18.5 Å². The van der Waals surface area contributed by atoms with Gasteiger partial charge in [-0.2, -0.15) is 0 Å². The van der Waals surface area contributed by atoms with E-state index in [1.54, 1.807) is 42.1 Å². The van der Waals surface area contributed by atoms with Gasteiger partial charge in [-0.25, -0.2) is 23.4 Å². The molecule has 8 heteroatoms. The van der Waals surface area contributed by atoms with Gasteiger partial charge in [-0.15, -0.1) is 0 Å². The second-order valence-electron chi connectivity index (χ2n) is 5.48. The highest BCUT2D eigenvalue weighted by Crippen LogP contribution is 2.20. The highest BCUT2D eigenvalue weighted by atomic mass is 32.2. The van der Waals surface area contributed by atoms with Crippen LogP contribution in [0.25, 0.3) is 5.82 Å². The number of rotatable bonds is 4. The fourth-order valence-electron chi connectivity index (χ4n) is 2.34. The minimum Gasteiger partial charge on any atom is -0.288 e. The zero-order valence-corrected chi connectivity index (χ0v) is 14.4. The molecule has 24 heavy (non-hydrogen) atoms. The molecule has 0 amide bonds. The summed E-state index contributed by atoms with van der Waals surface area (Å²) in [5.74, 6) is 1.49. The molecule has 0 spiro atoms. The van der Waals surface area contributed by atoms with E-state index in [2.05, 4.69) is 19.7 Å². The van der Waals surface area contributed by atoms with Crippen molar-refractivity contribution < 1.29 is 8.42 Å². The first-order valence-corrected chi connectivity index (χ1v) is 8.77. The third-order valence-corrected chi connectivity index (χ3v) is 5.09. The van der Waals surface area contributed by atoms with Crippen molar-refractivity contribution in [2.45, 2.75) is 25.7 Å². The molecule has 0 saturated carbocycles. The standard InChI is InChI=1S/C16H17N5O2S/c1-11-4-5-12(2)14(8-11)24(22,23)20-15-9-16(19-10-18-15)21-7-6-17-13(21)3/h4-10H,1-3H3,(H,18,19,20). The Kier molecular flexibility index (Phi) is 4.06. The zero-order valence-electron chi connectivity index (χ0n) is 13.6. The van der Waals surface area contributed by atoms with E-state index in [-0.39, 0.29) is 10.7 Å². The number of imidazole rings is 1. The van der Waals surface area contributed by atoms with Gasteiger partial charge in [0.15, 0.2) is 0 Å². The number of anilines is 1. The van der Waals surface area contributed by atoms with Crippen molar-refractivity contribution in [3.05, 3.63) is 59.9 Å². The lowest BCUT2D eigenvalue weighted by atomic mass is 10.2. The summed E-state index contributed by atoms with van der Waals surface area (Å²) in [7, 11) is -3.73. The van der Waals surface area contributed by atoms with Crippen LogP contribution in [0.3, 0.4) is 0 Å². The van der Waals surface area contributed by atoms with E-state index < -0.39 is 10.0 Å². The highest BCUT2D eigenvalue weighted by molar-refractivity contribution is 7.92. The van der Waals surface area contributed by atoms with Gasteiger partial charge in [0.25, 0.3) is 10.0 Å². The highest BCUT2D eigenvalue weighted by Gasteiger charge is 2.18. The Morgan fingerprint density at radius 2 is 1.83 bits per heavy atom. The second kappa shape index (κ2) is 6.04. The number of nitrogens with one attached hydrogen (secondary N) is 1. The van der Waals surface area contributed by atoms with Gasteiger partial charge in [-0.3, -0.25) is 9.29 Å². The van der Waals surface area contributed by atoms with Crippen LogP contribution in [0, 0.1) is 20.8 Å². The first-order valence-electron chi connectivity index (χ1n) is 7.29. The van der Waals surface area contributed by atoms with Crippen molar-refractivity contribution in [3.8, 4) is 5.82 Å². The Bertz CT molecular complexity index is 995. The van der Waals surface area contributed by atoms with Crippen molar-refractivity contribution >= 4 is 15.8 Å². The molecule has 3 rings (SSSR count). The summed E-state index contributed by atoms with van der Waals surface area (Å²) in [6.45, 7) is 5.44. The number of nitrogens with zero attached hydrogens (tertiary/aromatic N) is 4. The molecule has 124 valence electrons. The van der Waals surface area contributed by atoms with Gasteiger partial charge < -0.3 is 0 Å². The molecule has 2 heterocycles. The minimum absolute atomic E-state index is 0.203. The van der Waals surface area contributed by atoms with E-state index in [1.807, 2.05) is 19.9 Å². The van der Waals surface area contributed by atoms with Crippen LogP contribution in [0.15, 0.2) is 47.9 Å². The second-order valence-corrected chi connectivity index (χ2v) is 7.13. The molecule has 0 aliphatic carbocycles. The zero-order chi connectivity index (χ0) is 17.3. The Morgan fingerprint density at radius 3 is 2.54 bits per heavy atom. The van der Waals surface area contributed by atoms with Crippen molar-refractivity contribution in [1.82, 2.24) is 19.5 Å². The summed E-state index contributed by atoms with van der Waals surface area (Å²) in [6, 6.07) is 6.86. The van der Waals surface area contributed by atoms with Crippen LogP contribution in [0.4, 0.5) is 5.82 Å². The van der Waals surface area contributed by atoms with Crippen LogP contribution in [-0.2, 0) is 10.0 Å². The number of aryl methyl sites for hydroxylation is 3. The van der Waals surface area contributed by atoms with Gasteiger partial charge in [-0.1, -0.05) is 12.1 Å². The van der Waals surface area contributed by atoms with E-state index >= 15 is 0 Å². The monoisotopic (exact) mass is 343 g/mol. The van der Waals surface area contributed by atoms with Crippen LogP contribution in [0.2, 0.25) is 0 Å². The molecule has 0 unspecified atom stereocenters. The first-order chi connectivity index (χ1) is 11.4. The van der Waals surface area contributed by atoms with E-state index in [0.717, 1.165) is 11.4 Å². The molecule has 0 atom stereocenters. The van der Waals surface area contributed by atoms with Gasteiger partial charge in [0.05, 0.1) is 4.90 Å². The molecular weight excluding hydrogens is 326 g/mol. The molecule has 0 aliphatic rings. The van der Waals surface area contributed by atoms with Gasteiger partial charge in [0.2, 0.25) is 0 Å². The summed E-state index contributed by atoms with van der Waals surface area (Å²) in [4.78, 5) is 12.5. The lowest BCUT2D eigenvalue weighted by Crippen LogP contribution is -2.16. The SMILES string of the molecule is Cc1ccc(C)c(S(=O)(=O)Nc2cc(-n3ccnc3C)ncn2)c1. The van der Waals surface area contributed by atoms with Crippen molar-refractivity contribution in [1.29, 1.82) is 0 Å². The maximum absolute atomic E-state index is 12.6. The van der Waals surface area contributed by atoms with E-state index in [0.29, 0.717) is 11.4 Å². The smallest absolute Gasteiger partial charge is 0.263 e. The normalized spacial score (nSPS) is 11.5. The van der Waals surface area contributed by atoms with Crippen LogP contribution in [0.5, 0.6) is 0 Å². The molecule has 1 N–H and O–H groups in total. The molecular formula is C16H17N5O2S. The Hall–Kier alpha value is -2.74. The van der Waals surface area contributed by atoms with Crippen LogP contribution >= 0.6 is 0 Å². The quantitative estimate of drug-likeness (QED) is 0.785. The molecule has 0 saturated heterocycles. The van der Waals surface area contributed by atoms with E-state index in [4.69, 9.17) is 0 Å². The summed E-state index contributed by atoms with van der Waals surface area (Å²) in [5.41, 5.74) is 1.55. The average molecular weight is 343 g/mol. The lowest BCUT2D eigenvalue weighted by molar-refractivity contribution is 0.600. The number of aromatic nitrogens is 4. The van der Waals surface area contributed by atoms with Gasteiger partial charge in [0.1, 0.15) is 23.8 Å². The van der Waals surface area contributed by atoms with E-state index in [1.165, 1.54) is 6.33 Å². The third-order valence-electron chi connectivity index (χ3n) is 3.60. The molecule has 7 nitrogen and oxygen atoms in total. The summed E-state index contributed by atoms with van der Waals surface area (Å²) in [5, 5.41) is 0. The fraction of sp³-hybridized carbons (Fsp3) is 0.188. The maximum atomic E-state index is 12.6. The van der Waals surface area contributed by atoms with Gasteiger partial charge in [-0.05, 0) is 38.0 Å². The summed E-state index contributed by atoms with van der Waals surface area (Å²) < 4.78 is 29.6. The first kappa shape index (κ1) is 16.1. The Morgan fingerprint density at radius 1 is 1.04 bits per heavy atom. The Labute approximate surface area is 140 Å². The fourth-order valence-corrected chi connectivity index (χ4v) is 3.67. The van der Waals surface area contributed by atoms with Crippen LogP contribution < -0.4 is 4.72 Å². The summed E-state index contributed by atoms with van der Waals surface area (Å²) in [6.07, 6.45) is 4.72. The van der Waals surface area contributed by atoms with Crippen molar-refractivity contribution in [2.24, 2.45) is 0 Å². The number of hydrogen-bond donors (Lipinski definition) is 1. The topological polar surface area (TPSA) is 89.8 Å². The predicted octanol–water partition coefficient (Wildman–Crippen LogP) is 2.39. The van der Waals surface area contributed by atoms with Crippen LogP contribution in [-0.4, -0.2) is 27.9 Å². The third kappa shape index (κ3) is 3.13. The van der Waals surface area contributed by atoms with Crippen LogP contribution in [0.1, 0.15) is 17.0 Å². The lowest BCUT2D eigenvalue weighted by Gasteiger charge is -2.11. The van der Waals surface area contributed by atoms with E-state index in [9.17, 15) is 8.42 Å². The molecule has 0 fully saturated rings. The number of sulfonamides is 1. The molecule has 0 bridgehead atoms. The molecule has 2 aromatic heterocycles. The molecule has 0 aliphatic heterocycles.